The predicted octanol–water partition coefficient (Wildman–Crippen LogP) is 5.46. The average molecular weight is 534 g/mol. The Hall–Kier alpha value is -3.55. The molecule has 4 N–H and O–H groups in total. The average Bonchev–Trinajstić information content (AvgIpc) is 3.19. The van der Waals surface area contributed by atoms with Gasteiger partial charge in [0.05, 0.1) is 13.7 Å². The van der Waals surface area contributed by atoms with Gasteiger partial charge in [-0.05, 0) is 36.0 Å². The van der Waals surface area contributed by atoms with E-state index in [1.807, 2.05) is 48.5 Å². The Labute approximate surface area is 232 Å². The summed E-state index contributed by atoms with van der Waals surface area (Å²) >= 11 is 0. The monoisotopic (exact) mass is 533 g/mol. The molecular weight excluding hydrogens is 490 g/mol. The fraction of sp³-hybridized carbons (Fsp3) is 0.516. The van der Waals surface area contributed by atoms with E-state index in [1.54, 1.807) is 12.0 Å². The summed E-state index contributed by atoms with van der Waals surface area (Å²) in [4.78, 5) is 27.6. The molecule has 0 radical (unpaired) electrons. The van der Waals surface area contributed by atoms with E-state index in [9.17, 15) is 9.59 Å². The third-order valence-corrected chi connectivity index (χ3v) is 8.05. The largest absolute Gasteiger partial charge is 0.496 e. The van der Waals surface area contributed by atoms with Crippen LogP contribution in [0.15, 0.2) is 48.5 Å². The van der Waals surface area contributed by atoms with E-state index in [0.29, 0.717) is 25.6 Å². The number of benzene rings is 2. The summed E-state index contributed by atoms with van der Waals surface area (Å²) in [5.41, 5.74) is 2.19. The molecule has 1 heterocycles. The molecule has 1 unspecified atom stereocenters. The lowest BCUT2D eigenvalue weighted by molar-refractivity contribution is -0.132. The number of carbonyl (C=O) groups is 2. The van der Waals surface area contributed by atoms with Gasteiger partial charge < -0.3 is 20.7 Å². The van der Waals surface area contributed by atoms with Crippen molar-refractivity contribution in [3.8, 4) is 5.75 Å². The molecule has 2 aromatic rings. The fourth-order valence-corrected chi connectivity index (χ4v) is 5.85. The molecule has 1 aliphatic carbocycles. The zero-order chi connectivity index (χ0) is 27.7. The Morgan fingerprint density at radius 2 is 1.74 bits per heavy atom. The van der Waals surface area contributed by atoms with Crippen molar-refractivity contribution in [2.75, 3.05) is 7.11 Å². The van der Waals surface area contributed by atoms with Gasteiger partial charge in [-0.25, -0.2) is 4.79 Å². The van der Waals surface area contributed by atoms with Crippen molar-refractivity contribution in [2.24, 2.45) is 5.92 Å². The minimum atomic E-state index is -0.643. The molecule has 4 rings (SSSR count). The Morgan fingerprint density at radius 1 is 1.05 bits per heavy atom. The number of carbonyl (C=O) groups excluding carboxylic acids is 2. The van der Waals surface area contributed by atoms with E-state index in [1.165, 1.54) is 32.1 Å². The van der Waals surface area contributed by atoms with Gasteiger partial charge in [-0.3, -0.25) is 15.1 Å². The standard InChI is InChI=1S/C31H43N5O3/c1-3-4-18-31(19-23-10-6-5-7-11-23)28(37)36(29(32)35-31)22-25-16-14-24(15-17-25)20-33-30(38)34-21-26-12-8-9-13-27(26)39-2/h8-9,12-17,23H,3-7,10-11,18-22H2,1-2H3,(H2,32,35)(H2,33,34,38). The molecule has 8 nitrogen and oxygen atoms in total. The normalized spacial score (nSPS) is 19.6. The van der Waals surface area contributed by atoms with Crippen LogP contribution in [0.1, 0.15) is 81.4 Å². The van der Waals surface area contributed by atoms with E-state index in [0.717, 1.165) is 48.1 Å². The maximum atomic E-state index is 13.7. The van der Waals surface area contributed by atoms with Crippen LogP contribution in [0.4, 0.5) is 4.79 Å². The first-order chi connectivity index (χ1) is 18.9. The molecule has 1 atom stereocenters. The number of amides is 3. The SMILES string of the molecule is CCCCC1(CC2CCCCC2)NC(=N)N(Cc2ccc(CNC(=O)NCc3ccccc3OC)cc2)C1=O. The summed E-state index contributed by atoms with van der Waals surface area (Å²) in [7, 11) is 1.61. The third kappa shape index (κ3) is 7.31. The lowest BCUT2D eigenvalue weighted by atomic mass is 9.77. The number of guanidine groups is 1. The van der Waals surface area contributed by atoms with Crippen LogP contribution in [0.3, 0.4) is 0 Å². The van der Waals surface area contributed by atoms with Crippen molar-refractivity contribution >= 4 is 17.9 Å². The van der Waals surface area contributed by atoms with Gasteiger partial charge in [-0.2, -0.15) is 0 Å². The number of urea groups is 1. The predicted molar refractivity (Wildman–Crippen MR) is 153 cm³/mol. The maximum absolute atomic E-state index is 13.7. The van der Waals surface area contributed by atoms with E-state index < -0.39 is 5.54 Å². The number of nitrogens with zero attached hydrogens (tertiary/aromatic N) is 1. The van der Waals surface area contributed by atoms with Crippen LogP contribution in [0.25, 0.3) is 0 Å². The number of unbranched alkanes of at least 4 members (excludes halogenated alkanes) is 1. The topological polar surface area (TPSA) is 107 Å². The first-order valence-electron chi connectivity index (χ1n) is 14.3. The number of ether oxygens (including phenoxy) is 1. The minimum Gasteiger partial charge on any atom is -0.496 e. The summed E-state index contributed by atoms with van der Waals surface area (Å²) in [6.07, 6.45) is 9.76. The molecule has 1 saturated heterocycles. The Balaban J connectivity index is 1.30. The smallest absolute Gasteiger partial charge is 0.315 e. The van der Waals surface area contributed by atoms with E-state index in [2.05, 4.69) is 22.9 Å². The van der Waals surface area contributed by atoms with Gasteiger partial charge >= 0.3 is 6.03 Å². The second kappa shape index (κ2) is 13.5. The number of para-hydroxylation sites is 1. The van der Waals surface area contributed by atoms with Crippen molar-refractivity contribution in [2.45, 2.75) is 89.9 Å². The van der Waals surface area contributed by atoms with Crippen LogP contribution in [-0.4, -0.2) is 35.4 Å². The number of hydrogen-bond donors (Lipinski definition) is 4. The minimum absolute atomic E-state index is 0.0454. The van der Waals surface area contributed by atoms with Gasteiger partial charge in [0.2, 0.25) is 0 Å². The van der Waals surface area contributed by atoms with Crippen molar-refractivity contribution in [3.05, 3.63) is 65.2 Å². The maximum Gasteiger partial charge on any atom is 0.315 e. The van der Waals surface area contributed by atoms with Gasteiger partial charge in [0.25, 0.3) is 5.91 Å². The third-order valence-electron chi connectivity index (χ3n) is 8.05. The van der Waals surface area contributed by atoms with Crippen molar-refractivity contribution < 1.29 is 14.3 Å². The van der Waals surface area contributed by atoms with E-state index >= 15 is 0 Å². The van der Waals surface area contributed by atoms with Gasteiger partial charge in [0, 0.05) is 18.7 Å². The second-order valence-corrected chi connectivity index (χ2v) is 10.9. The second-order valence-electron chi connectivity index (χ2n) is 10.9. The molecular formula is C31H43N5O3. The molecule has 1 aliphatic heterocycles. The molecule has 2 aliphatic rings. The summed E-state index contributed by atoms with van der Waals surface area (Å²) in [6, 6.07) is 15.2. The number of methoxy groups -OCH3 is 1. The van der Waals surface area contributed by atoms with Crippen molar-refractivity contribution in [3.63, 3.8) is 0 Å². The van der Waals surface area contributed by atoms with Crippen LogP contribution in [0, 0.1) is 11.3 Å². The van der Waals surface area contributed by atoms with E-state index in [-0.39, 0.29) is 17.9 Å². The Morgan fingerprint density at radius 3 is 2.46 bits per heavy atom. The fourth-order valence-electron chi connectivity index (χ4n) is 5.85. The summed E-state index contributed by atoms with van der Waals surface area (Å²) in [5.74, 6) is 1.55. The number of rotatable bonds is 12. The van der Waals surface area contributed by atoms with Gasteiger partial charge in [0.15, 0.2) is 5.96 Å². The molecule has 0 aromatic heterocycles. The summed E-state index contributed by atoms with van der Waals surface area (Å²) in [5, 5.41) is 17.7. The molecule has 0 spiro atoms. The zero-order valence-corrected chi connectivity index (χ0v) is 23.4. The number of hydrogen-bond acceptors (Lipinski definition) is 4. The zero-order valence-electron chi connectivity index (χ0n) is 23.4. The molecule has 39 heavy (non-hydrogen) atoms. The van der Waals surface area contributed by atoms with Crippen molar-refractivity contribution in [1.82, 2.24) is 20.9 Å². The lowest BCUT2D eigenvalue weighted by Crippen LogP contribution is -2.48. The Kier molecular flexibility index (Phi) is 9.85. The highest BCUT2D eigenvalue weighted by molar-refractivity contribution is 6.07. The molecule has 8 heteroatoms. The van der Waals surface area contributed by atoms with Crippen LogP contribution >= 0.6 is 0 Å². The molecule has 1 saturated carbocycles. The van der Waals surface area contributed by atoms with Crippen LogP contribution in [0.2, 0.25) is 0 Å². The van der Waals surface area contributed by atoms with Gasteiger partial charge in [-0.15, -0.1) is 0 Å². The summed E-state index contributed by atoms with van der Waals surface area (Å²) in [6.45, 7) is 3.28. The molecule has 2 fully saturated rings. The van der Waals surface area contributed by atoms with Gasteiger partial charge in [0.1, 0.15) is 11.3 Å². The molecule has 210 valence electrons. The molecule has 2 aromatic carbocycles. The number of nitrogens with one attached hydrogen (secondary N) is 4. The quantitative estimate of drug-likeness (QED) is 0.291. The highest BCUT2D eigenvalue weighted by Crippen LogP contribution is 2.36. The van der Waals surface area contributed by atoms with Gasteiger partial charge in [-0.1, -0.05) is 94.3 Å². The highest BCUT2D eigenvalue weighted by Gasteiger charge is 2.49. The van der Waals surface area contributed by atoms with Crippen LogP contribution in [0.5, 0.6) is 5.75 Å². The Bertz CT molecular complexity index is 1130. The van der Waals surface area contributed by atoms with E-state index in [4.69, 9.17) is 10.1 Å². The lowest BCUT2D eigenvalue weighted by Gasteiger charge is -2.33. The van der Waals surface area contributed by atoms with Crippen LogP contribution < -0.4 is 20.7 Å². The molecule has 3 amide bonds. The molecule has 0 bridgehead atoms. The summed E-state index contributed by atoms with van der Waals surface area (Å²) < 4.78 is 5.33. The highest BCUT2D eigenvalue weighted by atomic mass is 16.5. The first kappa shape index (κ1) is 28.5. The van der Waals surface area contributed by atoms with Crippen molar-refractivity contribution in [1.29, 1.82) is 5.41 Å². The van der Waals surface area contributed by atoms with Crippen LogP contribution in [-0.2, 0) is 24.4 Å². The first-order valence-corrected chi connectivity index (χ1v) is 14.3.